The number of hydrogen-bond donors (Lipinski definition) is 1. The number of imide groups is 1. The van der Waals surface area contributed by atoms with E-state index in [4.69, 9.17) is 0 Å². The second-order valence-corrected chi connectivity index (χ2v) is 4.41. The van der Waals surface area contributed by atoms with Gasteiger partial charge in [0, 0.05) is 6.42 Å². The molecule has 5 heteroatoms. The molecule has 0 bridgehead atoms. The van der Waals surface area contributed by atoms with Gasteiger partial charge in [-0.3, -0.25) is 4.79 Å². The molecule has 100 valence electrons. The SMILES string of the molecule is CCCCCCCCCCCC(=O)NC(=O)[O-].[Na+]. The molecule has 0 atom stereocenters. The van der Waals surface area contributed by atoms with E-state index in [1.165, 1.54) is 38.5 Å². The fourth-order valence-corrected chi connectivity index (χ4v) is 1.77. The van der Waals surface area contributed by atoms with E-state index in [1.54, 1.807) is 5.32 Å². The summed E-state index contributed by atoms with van der Waals surface area (Å²) in [6, 6.07) is 0. The van der Waals surface area contributed by atoms with Crippen molar-refractivity contribution in [3.8, 4) is 0 Å². The van der Waals surface area contributed by atoms with Gasteiger partial charge in [0.25, 0.3) is 0 Å². The van der Waals surface area contributed by atoms with Gasteiger partial charge in [0.05, 0.1) is 0 Å². The van der Waals surface area contributed by atoms with Crippen LogP contribution in [0.3, 0.4) is 0 Å². The topological polar surface area (TPSA) is 69.2 Å². The Morgan fingerprint density at radius 3 is 1.78 bits per heavy atom. The normalized spacial score (nSPS) is 9.61. The molecule has 0 unspecified atom stereocenters. The Kier molecular flexibility index (Phi) is 16.9. The average Bonchev–Trinajstić information content (AvgIpc) is 2.26. The van der Waals surface area contributed by atoms with Crippen molar-refractivity contribution < 1.29 is 44.3 Å². The van der Waals surface area contributed by atoms with E-state index >= 15 is 0 Å². The molecule has 18 heavy (non-hydrogen) atoms. The van der Waals surface area contributed by atoms with Crippen molar-refractivity contribution in [3.63, 3.8) is 0 Å². The van der Waals surface area contributed by atoms with Crippen LogP contribution in [0.1, 0.15) is 71.1 Å². The first kappa shape index (κ1) is 20.3. The van der Waals surface area contributed by atoms with Crippen molar-refractivity contribution in [1.29, 1.82) is 0 Å². The number of unbranched alkanes of at least 4 members (excludes halogenated alkanes) is 8. The van der Waals surface area contributed by atoms with Crippen molar-refractivity contribution in [2.75, 3.05) is 0 Å². The maximum absolute atomic E-state index is 10.9. The van der Waals surface area contributed by atoms with Gasteiger partial charge in [-0.25, -0.2) is 0 Å². The molecule has 0 aliphatic heterocycles. The molecule has 2 amide bonds. The van der Waals surface area contributed by atoms with Gasteiger partial charge in [0.2, 0.25) is 5.91 Å². The predicted molar refractivity (Wildman–Crippen MR) is 65.4 cm³/mol. The quantitative estimate of drug-likeness (QED) is 0.422. The zero-order valence-corrected chi connectivity index (χ0v) is 13.8. The zero-order chi connectivity index (χ0) is 12.9. The van der Waals surface area contributed by atoms with E-state index in [1.807, 2.05) is 0 Å². The third-order valence-electron chi connectivity index (χ3n) is 2.75. The van der Waals surface area contributed by atoms with E-state index in [-0.39, 0.29) is 36.0 Å². The molecule has 0 aliphatic rings. The second kappa shape index (κ2) is 15.0. The van der Waals surface area contributed by atoms with Gasteiger partial charge in [-0.15, -0.1) is 0 Å². The minimum Gasteiger partial charge on any atom is -0.530 e. The molecule has 0 rings (SSSR count). The van der Waals surface area contributed by atoms with Gasteiger partial charge in [-0.2, -0.15) is 0 Å². The number of carbonyl (C=O) groups excluding carboxylic acids is 2. The largest absolute Gasteiger partial charge is 1.00 e. The van der Waals surface area contributed by atoms with E-state index in [0.717, 1.165) is 19.3 Å². The zero-order valence-electron chi connectivity index (χ0n) is 11.8. The van der Waals surface area contributed by atoms with E-state index in [9.17, 15) is 14.7 Å². The second-order valence-electron chi connectivity index (χ2n) is 4.41. The molecule has 1 N–H and O–H groups in total. The van der Waals surface area contributed by atoms with Crippen molar-refractivity contribution in [1.82, 2.24) is 5.32 Å². The van der Waals surface area contributed by atoms with Crippen LogP contribution >= 0.6 is 0 Å². The number of carbonyl (C=O) groups is 2. The summed E-state index contributed by atoms with van der Waals surface area (Å²) in [5.74, 6) is -0.451. The molecular weight excluding hydrogens is 241 g/mol. The van der Waals surface area contributed by atoms with Crippen LogP contribution in [-0.2, 0) is 4.79 Å². The molecule has 0 saturated heterocycles. The molecule has 0 spiro atoms. The number of carboxylic acid groups (broad SMARTS) is 1. The third-order valence-corrected chi connectivity index (χ3v) is 2.75. The first-order valence-corrected chi connectivity index (χ1v) is 6.67. The summed E-state index contributed by atoms with van der Waals surface area (Å²) < 4.78 is 0. The third kappa shape index (κ3) is 15.9. The molecule has 0 aliphatic carbocycles. The van der Waals surface area contributed by atoms with Crippen LogP contribution in [0.5, 0.6) is 0 Å². The molecule has 0 radical (unpaired) electrons. The molecule has 0 aromatic carbocycles. The molecule has 0 aromatic heterocycles. The standard InChI is InChI=1S/C13H25NO3.Na/c1-2-3-4-5-6-7-8-9-10-11-12(15)14-13(16)17;/h2-11H2,1H3,(H,14,15)(H,16,17);/q;+1/p-1. The Labute approximate surface area is 132 Å². The number of nitrogens with one attached hydrogen (secondary N) is 1. The fourth-order valence-electron chi connectivity index (χ4n) is 1.77. The summed E-state index contributed by atoms with van der Waals surface area (Å²) >= 11 is 0. The van der Waals surface area contributed by atoms with Crippen molar-refractivity contribution in [2.24, 2.45) is 0 Å². The van der Waals surface area contributed by atoms with Crippen LogP contribution < -0.4 is 40.0 Å². The summed E-state index contributed by atoms with van der Waals surface area (Å²) in [5.41, 5.74) is 0. The van der Waals surface area contributed by atoms with Gasteiger partial charge in [0.1, 0.15) is 6.09 Å². The predicted octanol–water partition coefficient (Wildman–Crippen LogP) is -0.629. The first-order chi connectivity index (χ1) is 8.16. The van der Waals surface area contributed by atoms with Crippen molar-refractivity contribution >= 4 is 12.0 Å². The molecule has 4 nitrogen and oxygen atoms in total. The minimum atomic E-state index is -1.51. The van der Waals surface area contributed by atoms with Gasteiger partial charge in [-0.1, -0.05) is 58.3 Å². The number of amides is 2. The monoisotopic (exact) mass is 265 g/mol. The molecular formula is C13H24NNaO3. The molecule has 0 saturated carbocycles. The van der Waals surface area contributed by atoms with Crippen LogP contribution in [-0.4, -0.2) is 12.0 Å². The van der Waals surface area contributed by atoms with Crippen molar-refractivity contribution in [2.45, 2.75) is 71.1 Å². The van der Waals surface area contributed by atoms with Crippen LogP contribution in [0.2, 0.25) is 0 Å². The number of rotatable bonds is 10. The first-order valence-electron chi connectivity index (χ1n) is 6.67. The Hall–Kier alpha value is -0.0600. The van der Waals surface area contributed by atoms with E-state index < -0.39 is 12.0 Å². The summed E-state index contributed by atoms with van der Waals surface area (Å²) in [5, 5.41) is 11.8. The van der Waals surface area contributed by atoms with Gasteiger partial charge < -0.3 is 15.2 Å². The van der Waals surface area contributed by atoms with Crippen LogP contribution in [0, 0.1) is 0 Å². The fraction of sp³-hybridized carbons (Fsp3) is 0.846. The maximum atomic E-state index is 10.9. The summed E-state index contributed by atoms with van der Waals surface area (Å²) in [7, 11) is 0. The smallest absolute Gasteiger partial charge is 0.530 e. The Balaban J connectivity index is 0. The Morgan fingerprint density at radius 2 is 1.33 bits per heavy atom. The Bertz CT molecular complexity index is 222. The van der Waals surface area contributed by atoms with Crippen LogP contribution in [0.4, 0.5) is 4.79 Å². The molecule has 0 aromatic rings. The van der Waals surface area contributed by atoms with Gasteiger partial charge in [0.15, 0.2) is 0 Å². The summed E-state index contributed by atoms with van der Waals surface area (Å²) in [6.45, 7) is 2.21. The van der Waals surface area contributed by atoms with Gasteiger partial charge in [-0.05, 0) is 6.42 Å². The maximum Gasteiger partial charge on any atom is 1.00 e. The Morgan fingerprint density at radius 1 is 0.889 bits per heavy atom. The van der Waals surface area contributed by atoms with Crippen molar-refractivity contribution in [3.05, 3.63) is 0 Å². The average molecular weight is 265 g/mol. The van der Waals surface area contributed by atoms with Crippen LogP contribution in [0.15, 0.2) is 0 Å². The number of hydrogen-bond acceptors (Lipinski definition) is 3. The molecule has 0 heterocycles. The van der Waals surface area contributed by atoms with Crippen LogP contribution in [0.25, 0.3) is 0 Å². The minimum absolute atomic E-state index is 0. The van der Waals surface area contributed by atoms with E-state index in [0.29, 0.717) is 0 Å². The molecule has 0 fully saturated rings. The summed E-state index contributed by atoms with van der Waals surface area (Å²) in [4.78, 5) is 21.0. The summed E-state index contributed by atoms with van der Waals surface area (Å²) in [6.07, 6.45) is 9.36. The van der Waals surface area contributed by atoms with Gasteiger partial charge >= 0.3 is 29.6 Å². The van der Waals surface area contributed by atoms with E-state index in [2.05, 4.69) is 6.92 Å².